The van der Waals surface area contributed by atoms with E-state index in [0.29, 0.717) is 6.42 Å². The van der Waals surface area contributed by atoms with E-state index in [2.05, 4.69) is 5.32 Å². The Morgan fingerprint density at radius 2 is 2.00 bits per heavy atom. The second kappa shape index (κ2) is 9.35. The molecule has 1 N–H and O–H groups in total. The Bertz CT molecular complexity index is 598. The Balaban J connectivity index is 1.85. The first kappa shape index (κ1) is 19.9. The molecule has 1 aliphatic heterocycles. The number of amides is 2. The molecule has 1 aromatic rings. The highest BCUT2D eigenvalue weighted by Crippen LogP contribution is 2.27. The standard InChI is InChI=1S/C18H24F2N2O4/c1-2-3-9-25-17(24)22-11-15(10-18(19,20)13-22)21-16(23)26-12-14-7-5-4-6-8-14/h4-8,15H,2-3,9-13H2,1H3,(H,21,23). The maximum Gasteiger partial charge on any atom is 0.410 e. The molecule has 8 heteroatoms. The number of rotatable bonds is 6. The van der Waals surface area contributed by atoms with E-state index >= 15 is 0 Å². The van der Waals surface area contributed by atoms with E-state index in [-0.39, 0.29) is 19.8 Å². The first-order valence-electron chi connectivity index (χ1n) is 8.66. The van der Waals surface area contributed by atoms with Crippen LogP contribution in [0.1, 0.15) is 31.7 Å². The number of piperidine rings is 1. The van der Waals surface area contributed by atoms with Gasteiger partial charge in [0.2, 0.25) is 0 Å². The molecule has 1 atom stereocenters. The first-order chi connectivity index (χ1) is 12.4. The van der Waals surface area contributed by atoms with Gasteiger partial charge in [-0.25, -0.2) is 18.4 Å². The number of alkyl carbamates (subject to hydrolysis) is 1. The first-order valence-corrected chi connectivity index (χ1v) is 8.66. The summed E-state index contributed by atoms with van der Waals surface area (Å²) in [5.74, 6) is -3.10. The summed E-state index contributed by atoms with van der Waals surface area (Å²) in [4.78, 5) is 24.7. The van der Waals surface area contributed by atoms with Crippen LogP contribution in [0.3, 0.4) is 0 Å². The van der Waals surface area contributed by atoms with Crippen molar-refractivity contribution < 1.29 is 27.8 Å². The van der Waals surface area contributed by atoms with Gasteiger partial charge >= 0.3 is 12.2 Å². The molecule has 2 amide bonds. The van der Waals surface area contributed by atoms with Crippen molar-refractivity contribution >= 4 is 12.2 Å². The summed E-state index contributed by atoms with van der Waals surface area (Å²) in [6.45, 7) is 1.41. The molecule has 1 saturated heterocycles. The van der Waals surface area contributed by atoms with Gasteiger partial charge in [-0.05, 0) is 12.0 Å². The number of hydrogen-bond donors (Lipinski definition) is 1. The zero-order valence-corrected chi connectivity index (χ0v) is 14.7. The summed E-state index contributed by atoms with van der Waals surface area (Å²) in [5.41, 5.74) is 0.790. The van der Waals surface area contributed by atoms with Crippen molar-refractivity contribution in [1.82, 2.24) is 10.2 Å². The normalized spacial score (nSPS) is 18.9. The molecule has 0 spiro atoms. The largest absolute Gasteiger partial charge is 0.449 e. The third-order valence-corrected chi connectivity index (χ3v) is 3.92. The van der Waals surface area contributed by atoms with E-state index < -0.39 is 37.1 Å². The lowest BCUT2D eigenvalue weighted by Crippen LogP contribution is -2.56. The van der Waals surface area contributed by atoms with Gasteiger partial charge < -0.3 is 19.7 Å². The maximum atomic E-state index is 13.9. The number of likely N-dealkylation sites (tertiary alicyclic amines) is 1. The van der Waals surface area contributed by atoms with Crippen LogP contribution in [-0.4, -0.2) is 48.7 Å². The summed E-state index contributed by atoms with van der Waals surface area (Å²) < 4.78 is 37.9. The maximum absolute atomic E-state index is 13.9. The van der Waals surface area contributed by atoms with Crippen molar-refractivity contribution in [1.29, 1.82) is 0 Å². The van der Waals surface area contributed by atoms with E-state index in [1.165, 1.54) is 0 Å². The molecule has 0 radical (unpaired) electrons. The van der Waals surface area contributed by atoms with Gasteiger partial charge in [0, 0.05) is 13.0 Å². The van der Waals surface area contributed by atoms with Crippen LogP contribution in [0, 0.1) is 0 Å². The highest BCUT2D eigenvalue weighted by molar-refractivity contribution is 5.69. The minimum atomic E-state index is -3.10. The minimum absolute atomic E-state index is 0.0402. The molecule has 1 aromatic carbocycles. The Hall–Kier alpha value is -2.38. The molecule has 0 saturated carbocycles. The molecular formula is C18H24F2N2O4. The number of carbonyl (C=O) groups is 2. The summed E-state index contributed by atoms with van der Waals surface area (Å²) in [7, 11) is 0. The number of carbonyl (C=O) groups excluding carboxylic acids is 2. The number of nitrogens with one attached hydrogen (secondary N) is 1. The molecule has 0 aliphatic carbocycles. The van der Waals surface area contributed by atoms with Gasteiger partial charge in [-0.3, -0.25) is 0 Å². The second-order valence-electron chi connectivity index (χ2n) is 6.31. The fraction of sp³-hybridized carbons (Fsp3) is 0.556. The predicted molar refractivity (Wildman–Crippen MR) is 90.9 cm³/mol. The minimum Gasteiger partial charge on any atom is -0.449 e. The fourth-order valence-electron chi connectivity index (χ4n) is 2.66. The molecule has 6 nitrogen and oxygen atoms in total. The summed E-state index contributed by atoms with van der Waals surface area (Å²) >= 11 is 0. The van der Waals surface area contributed by atoms with Gasteiger partial charge in [-0.2, -0.15) is 0 Å². The monoisotopic (exact) mass is 370 g/mol. The van der Waals surface area contributed by atoms with Gasteiger partial charge in [-0.1, -0.05) is 43.7 Å². The number of benzene rings is 1. The lowest BCUT2D eigenvalue weighted by atomic mass is 10.0. The van der Waals surface area contributed by atoms with Gasteiger partial charge in [0.15, 0.2) is 0 Å². The lowest BCUT2D eigenvalue weighted by Gasteiger charge is -2.36. The van der Waals surface area contributed by atoms with Crippen LogP contribution in [0.5, 0.6) is 0 Å². The van der Waals surface area contributed by atoms with E-state index in [9.17, 15) is 18.4 Å². The van der Waals surface area contributed by atoms with Crippen molar-refractivity contribution in [3.63, 3.8) is 0 Å². The van der Waals surface area contributed by atoms with Crippen molar-refractivity contribution in [2.45, 2.75) is 44.8 Å². The van der Waals surface area contributed by atoms with E-state index in [1.807, 2.05) is 13.0 Å². The molecule has 1 aliphatic rings. The van der Waals surface area contributed by atoms with Crippen LogP contribution in [0.2, 0.25) is 0 Å². The van der Waals surface area contributed by atoms with Gasteiger partial charge in [0.05, 0.1) is 19.2 Å². The Morgan fingerprint density at radius 3 is 2.69 bits per heavy atom. The highest BCUT2D eigenvalue weighted by Gasteiger charge is 2.43. The fourth-order valence-corrected chi connectivity index (χ4v) is 2.66. The van der Waals surface area contributed by atoms with Crippen LogP contribution < -0.4 is 5.32 Å². The van der Waals surface area contributed by atoms with Crippen molar-refractivity contribution in [2.24, 2.45) is 0 Å². The number of halogens is 2. The van der Waals surface area contributed by atoms with Crippen molar-refractivity contribution in [3.05, 3.63) is 35.9 Å². The smallest absolute Gasteiger partial charge is 0.410 e. The lowest BCUT2D eigenvalue weighted by molar-refractivity contribution is -0.0706. The quantitative estimate of drug-likeness (QED) is 0.778. The number of ether oxygens (including phenoxy) is 2. The van der Waals surface area contributed by atoms with Gasteiger partial charge in [0.1, 0.15) is 6.61 Å². The van der Waals surface area contributed by atoms with E-state index in [4.69, 9.17) is 9.47 Å². The third-order valence-electron chi connectivity index (χ3n) is 3.92. The average molecular weight is 370 g/mol. The van der Waals surface area contributed by atoms with Crippen molar-refractivity contribution in [2.75, 3.05) is 19.7 Å². The van der Waals surface area contributed by atoms with Gasteiger partial charge in [-0.15, -0.1) is 0 Å². The SMILES string of the molecule is CCCCOC(=O)N1CC(NC(=O)OCc2ccccc2)CC(F)(F)C1. The molecule has 1 fully saturated rings. The Kier molecular flexibility index (Phi) is 7.17. The average Bonchev–Trinajstić information content (AvgIpc) is 2.59. The summed E-state index contributed by atoms with van der Waals surface area (Å²) in [5, 5.41) is 2.41. The molecule has 1 unspecified atom stereocenters. The van der Waals surface area contributed by atoms with E-state index in [1.54, 1.807) is 24.3 Å². The summed E-state index contributed by atoms with van der Waals surface area (Å²) in [6.07, 6.45) is -0.630. The van der Waals surface area contributed by atoms with Crippen molar-refractivity contribution in [3.8, 4) is 0 Å². The van der Waals surface area contributed by atoms with Crippen LogP contribution >= 0.6 is 0 Å². The highest BCUT2D eigenvalue weighted by atomic mass is 19.3. The second-order valence-corrected chi connectivity index (χ2v) is 6.31. The van der Waals surface area contributed by atoms with Crippen LogP contribution in [0.15, 0.2) is 30.3 Å². The molecule has 1 heterocycles. The molecule has 2 rings (SSSR count). The predicted octanol–water partition coefficient (Wildman–Crippen LogP) is 3.56. The molecule has 144 valence electrons. The third kappa shape index (κ3) is 6.50. The Morgan fingerprint density at radius 1 is 1.27 bits per heavy atom. The van der Waals surface area contributed by atoms with Crippen LogP contribution in [0.4, 0.5) is 18.4 Å². The van der Waals surface area contributed by atoms with Crippen LogP contribution in [-0.2, 0) is 16.1 Å². The molecule has 26 heavy (non-hydrogen) atoms. The van der Waals surface area contributed by atoms with Gasteiger partial charge in [0.25, 0.3) is 5.92 Å². The molecular weight excluding hydrogens is 346 g/mol. The molecule has 0 aromatic heterocycles. The number of hydrogen-bond acceptors (Lipinski definition) is 4. The number of unbranched alkanes of at least 4 members (excludes halogenated alkanes) is 1. The van der Waals surface area contributed by atoms with Crippen LogP contribution in [0.25, 0.3) is 0 Å². The topological polar surface area (TPSA) is 67.9 Å². The summed E-state index contributed by atoms with van der Waals surface area (Å²) in [6, 6.07) is 8.12. The zero-order chi connectivity index (χ0) is 19.0. The zero-order valence-electron chi connectivity index (χ0n) is 14.7. The van der Waals surface area contributed by atoms with E-state index in [0.717, 1.165) is 16.9 Å². The number of nitrogens with zero attached hydrogens (tertiary/aromatic N) is 1. The Labute approximate surface area is 151 Å². The molecule has 0 bridgehead atoms. The number of alkyl halides is 2.